The molecule has 2 aromatic heterocycles. The van der Waals surface area contributed by atoms with Crippen LogP contribution in [0.1, 0.15) is 10.6 Å². The lowest BCUT2D eigenvalue weighted by Crippen LogP contribution is -2.28. The summed E-state index contributed by atoms with van der Waals surface area (Å²) in [5.41, 5.74) is 6.14. The van der Waals surface area contributed by atoms with E-state index in [4.69, 9.17) is 10.2 Å². The van der Waals surface area contributed by atoms with Crippen LogP contribution in [0.25, 0.3) is 0 Å². The number of nitrogen functional groups attached to an aromatic ring is 1. The van der Waals surface area contributed by atoms with Crippen molar-refractivity contribution in [1.82, 2.24) is 10.3 Å². The van der Waals surface area contributed by atoms with Crippen LogP contribution < -0.4 is 16.4 Å². The van der Waals surface area contributed by atoms with Crippen molar-refractivity contribution in [1.29, 1.82) is 0 Å². The predicted octanol–water partition coefficient (Wildman–Crippen LogP) is 1.10. The maximum atomic E-state index is 11.5. The zero-order valence-corrected chi connectivity index (χ0v) is 9.72. The largest absolute Gasteiger partial charge is 0.459 e. The number of aromatic nitrogens is 1. The SMILES string of the molecule is Nc1ccc(NCCNC(=O)c2ccco2)nc1. The summed E-state index contributed by atoms with van der Waals surface area (Å²) < 4.78 is 4.97. The minimum absolute atomic E-state index is 0.230. The highest BCUT2D eigenvalue weighted by Gasteiger charge is 2.06. The third kappa shape index (κ3) is 3.24. The van der Waals surface area contributed by atoms with Crippen molar-refractivity contribution in [2.75, 3.05) is 24.1 Å². The van der Waals surface area contributed by atoms with Crippen molar-refractivity contribution in [3.63, 3.8) is 0 Å². The molecule has 0 spiro atoms. The molecular formula is C12H14N4O2. The quantitative estimate of drug-likeness (QED) is 0.687. The number of nitrogens with two attached hydrogens (primary N) is 1. The lowest BCUT2D eigenvalue weighted by Gasteiger charge is -2.06. The van der Waals surface area contributed by atoms with E-state index in [0.29, 0.717) is 24.5 Å². The van der Waals surface area contributed by atoms with E-state index in [2.05, 4.69) is 15.6 Å². The van der Waals surface area contributed by atoms with Crippen LogP contribution in [0.4, 0.5) is 11.5 Å². The van der Waals surface area contributed by atoms with Gasteiger partial charge >= 0.3 is 0 Å². The van der Waals surface area contributed by atoms with Gasteiger partial charge in [0, 0.05) is 13.1 Å². The Hall–Kier alpha value is -2.50. The van der Waals surface area contributed by atoms with Crippen LogP contribution in [-0.2, 0) is 0 Å². The number of rotatable bonds is 5. The summed E-state index contributed by atoms with van der Waals surface area (Å²) in [6.45, 7) is 1.05. The summed E-state index contributed by atoms with van der Waals surface area (Å²) in [7, 11) is 0. The molecule has 0 aliphatic carbocycles. The van der Waals surface area contributed by atoms with Gasteiger partial charge in [-0.05, 0) is 24.3 Å². The number of furan rings is 1. The van der Waals surface area contributed by atoms with E-state index in [-0.39, 0.29) is 5.91 Å². The Morgan fingerprint density at radius 2 is 2.22 bits per heavy atom. The molecule has 0 unspecified atom stereocenters. The molecule has 2 aromatic rings. The molecule has 6 heteroatoms. The van der Waals surface area contributed by atoms with E-state index in [1.165, 1.54) is 6.26 Å². The normalized spacial score (nSPS) is 10.0. The first kappa shape index (κ1) is 12.0. The minimum atomic E-state index is -0.230. The molecule has 0 aliphatic heterocycles. The van der Waals surface area contributed by atoms with E-state index in [0.717, 1.165) is 5.82 Å². The van der Waals surface area contributed by atoms with Gasteiger partial charge in [-0.3, -0.25) is 4.79 Å². The molecule has 2 rings (SSSR count). The van der Waals surface area contributed by atoms with Crippen molar-refractivity contribution in [2.45, 2.75) is 0 Å². The lowest BCUT2D eigenvalue weighted by atomic mass is 10.4. The van der Waals surface area contributed by atoms with Crippen LogP contribution in [0.15, 0.2) is 41.1 Å². The van der Waals surface area contributed by atoms with Gasteiger partial charge in [0.05, 0.1) is 18.1 Å². The maximum absolute atomic E-state index is 11.5. The molecule has 18 heavy (non-hydrogen) atoms. The van der Waals surface area contributed by atoms with Crippen molar-refractivity contribution >= 4 is 17.4 Å². The minimum Gasteiger partial charge on any atom is -0.459 e. The Kier molecular flexibility index (Phi) is 3.80. The highest BCUT2D eigenvalue weighted by atomic mass is 16.3. The molecule has 0 aromatic carbocycles. The number of carbonyl (C=O) groups excluding carboxylic acids is 1. The molecule has 0 aliphatic rings. The second kappa shape index (κ2) is 5.72. The van der Waals surface area contributed by atoms with Crippen LogP contribution in [-0.4, -0.2) is 24.0 Å². The second-order valence-corrected chi connectivity index (χ2v) is 3.64. The third-order valence-corrected chi connectivity index (χ3v) is 2.25. The van der Waals surface area contributed by atoms with Gasteiger partial charge in [-0.15, -0.1) is 0 Å². The predicted molar refractivity (Wildman–Crippen MR) is 68.2 cm³/mol. The van der Waals surface area contributed by atoms with Gasteiger partial charge in [0.15, 0.2) is 5.76 Å². The molecule has 0 bridgehead atoms. The molecule has 4 N–H and O–H groups in total. The molecule has 0 atom stereocenters. The first-order valence-corrected chi connectivity index (χ1v) is 5.53. The molecule has 1 amide bonds. The van der Waals surface area contributed by atoms with E-state index < -0.39 is 0 Å². The van der Waals surface area contributed by atoms with Crippen molar-refractivity contribution in [3.05, 3.63) is 42.5 Å². The number of nitrogens with one attached hydrogen (secondary N) is 2. The van der Waals surface area contributed by atoms with Crippen LogP contribution in [0.2, 0.25) is 0 Å². The highest BCUT2D eigenvalue weighted by molar-refractivity contribution is 5.91. The van der Waals surface area contributed by atoms with E-state index in [1.54, 1.807) is 30.5 Å². The van der Waals surface area contributed by atoms with Crippen molar-refractivity contribution in [2.24, 2.45) is 0 Å². The van der Waals surface area contributed by atoms with Gasteiger partial charge in [-0.25, -0.2) is 4.98 Å². The summed E-state index contributed by atoms with van der Waals surface area (Å²) in [6.07, 6.45) is 3.04. The molecular weight excluding hydrogens is 232 g/mol. The second-order valence-electron chi connectivity index (χ2n) is 3.64. The summed E-state index contributed by atoms with van der Waals surface area (Å²) in [6, 6.07) is 6.83. The maximum Gasteiger partial charge on any atom is 0.287 e. The molecule has 2 heterocycles. The monoisotopic (exact) mass is 246 g/mol. The Labute approximate surface area is 104 Å². The summed E-state index contributed by atoms with van der Waals surface area (Å²) in [5, 5.41) is 5.78. The number of anilines is 2. The van der Waals surface area contributed by atoms with Gasteiger partial charge in [0.1, 0.15) is 5.82 Å². The average molecular weight is 246 g/mol. The van der Waals surface area contributed by atoms with Gasteiger partial charge in [-0.2, -0.15) is 0 Å². The lowest BCUT2D eigenvalue weighted by molar-refractivity contribution is 0.0927. The Morgan fingerprint density at radius 1 is 1.33 bits per heavy atom. The smallest absolute Gasteiger partial charge is 0.287 e. The van der Waals surface area contributed by atoms with E-state index in [9.17, 15) is 4.79 Å². The van der Waals surface area contributed by atoms with Crippen LogP contribution >= 0.6 is 0 Å². The fraction of sp³-hybridized carbons (Fsp3) is 0.167. The number of hydrogen-bond acceptors (Lipinski definition) is 5. The van der Waals surface area contributed by atoms with Gasteiger partial charge in [-0.1, -0.05) is 0 Å². The number of carbonyl (C=O) groups is 1. The molecule has 0 saturated heterocycles. The van der Waals surface area contributed by atoms with Crippen LogP contribution in [0, 0.1) is 0 Å². The Bertz CT molecular complexity index is 493. The fourth-order valence-electron chi connectivity index (χ4n) is 1.37. The average Bonchev–Trinajstić information content (AvgIpc) is 2.90. The standard InChI is InChI=1S/C12H14N4O2/c13-9-3-4-11(16-8-9)14-5-6-15-12(17)10-2-1-7-18-10/h1-4,7-8H,5-6,13H2,(H,14,16)(H,15,17). The van der Waals surface area contributed by atoms with Gasteiger partial charge in [0.2, 0.25) is 0 Å². The summed E-state index contributed by atoms with van der Waals surface area (Å²) in [5.74, 6) is 0.795. The fourth-order valence-corrected chi connectivity index (χ4v) is 1.37. The number of nitrogens with zero attached hydrogens (tertiary/aromatic N) is 1. The number of hydrogen-bond donors (Lipinski definition) is 3. The first-order valence-electron chi connectivity index (χ1n) is 5.53. The molecule has 0 saturated carbocycles. The van der Waals surface area contributed by atoms with E-state index in [1.807, 2.05) is 0 Å². The summed E-state index contributed by atoms with van der Waals surface area (Å²) >= 11 is 0. The molecule has 0 fully saturated rings. The molecule has 0 radical (unpaired) electrons. The first-order chi connectivity index (χ1) is 8.75. The number of amides is 1. The number of pyridine rings is 1. The molecule has 94 valence electrons. The van der Waals surface area contributed by atoms with Gasteiger partial charge < -0.3 is 20.8 Å². The Balaban J connectivity index is 1.70. The highest BCUT2D eigenvalue weighted by Crippen LogP contribution is 2.04. The zero-order chi connectivity index (χ0) is 12.8. The van der Waals surface area contributed by atoms with E-state index >= 15 is 0 Å². The third-order valence-electron chi connectivity index (χ3n) is 2.25. The summed E-state index contributed by atoms with van der Waals surface area (Å²) in [4.78, 5) is 15.6. The topological polar surface area (TPSA) is 93.2 Å². The van der Waals surface area contributed by atoms with Gasteiger partial charge in [0.25, 0.3) is 5.91 Å². The molecule has 6 nitrogen and oxygen atoms in total. The van der Waals surface area contributed by atoms with Crippen molar-refractivity contribution in [3.8, 4) is 0 Å². The van der Waals surface area contributed by atoms with Crippen LogP contribution in [0.3, 0.4) is 0 Å². The zero-order valence-electron chi connectivity index (χ0n) is 9.72. The van der Waals surface area contributed by atoms with Crippen molar-refractivity contribution < 1.29 is 9.21 Å². The van der Waals surface area contributed by atoms with Crippen LogP contribution in [0.5, 0.6) is 0 Å². The Morgan fingerprint density at radius 3 is 2.89 bits per heavy atom.